The Hall–Kier alpha value is -1.71. The van der Waals surface area contributed by atoms with Gasteiger partial charge in [0.05, 0.1) is 12.5 Å². The molecule has 0 fully saturated rings. The van der Waals surface area contributed by atoms with Crippen molar-refractivity contribution in [3.63, 3.8) is 0 Å². The van der Waals surface area contributed by atoms with Gasteiger partial charge in [0.25, 0.3) is 5.88 Å². The third kappa shape index (κ3) is 1.52. The van der Waals surface area contributed by atoms with Crippen molar-refractivity contribution in [3.8, 4) is 11.6 Å². The van der Waals surface area contributed by atoms with Crippen LogP contribution in [0.5, 0.6) is 11.6 Å². The first kappa shape index (κ1) is 9.83. The Bertz CT molecular complexity index is 476. The molecule has 2 aromatic rings. The Labute approximate surface area is 87.4 Å². The van der Waals surface area contributed by atoms with E-state index in [0.717, 1.165) is 23.8 Å². The number of fused-ring (bicyclic) bond motifs is 1. The highest BCUT2D eigenvalue weighted by molar-refractivity contribution is 5.86. The van der Waals surface area contributed by atoms with E-state index in [4.69, 9.17) is 9.26 Å². The molecule has 1 aromatic heterocycles. The number of aromatic nitrogens is 1. The number of aryl methyl sites for hydroxylation is 1. The predicted octanol–water partition coefficient (Wildman–Crippen LogP) is 2.49. The van der Waals surface area contributed by atoms with E-state index in [1.165, 1.54) is 0 Å². The number of phenols is 1. The van der Waals surface area contributed by atoms with Gasteiger partial charge < -0.3 is 14.4 Å². The first-order valence-electron chi connectivity index (χ1n) is 4.92. The number of phenolic OH excluding ortho intramolecular Hbond substituents is 1. The molecule has 1 heterocycles. The maximum absolute atomic E-state index is 9.69. The standard InChI is InChI=1S/C11H13NO3/c1-3-4-7-9(13)6-5-8-10(7)15-12-11(8)14-2/h5-6,13H,3-4H2,1-2H3. The highest BCUT2D eigenvalue weighted by atomic mass is 16.5. The third-order valence-corrected chi connectivity index (χ3v) is 2.38. The van der Waals surface area contributed by atoms with Gasteiger partial charge in [-0.3, -0.25) is 0 Å². The molecule has 0 atom stereocenters. The molecule has 15 heavy (non-hydrogen) atoms. The van der Waals surface area contributed by atoms with Crippen LogP contribution in [-0.2, 0) is 6.42 Å². The molecule has 4 heteroatoms. The Morgan fingerprint density at radius 3 is 2.93 bits per heavy atom. The van der Waals surface area contributed by atoms with E-state index in [1.54, 1.807) is 19.2 Å². The molecule has 0 bridgehead atoms. The SMILES string of the molecule is CCCc1c(O)ccc2c(OC)noc12. The van der Waals surface area contributed by atoms with Gasteiger partial charge in [0.1, 0.15) is 5.75 Å². The van der Waals surface area contributed by atoms with E-state index in [0.29, 0.717) is 11.5 Å². The molecule has 0 unspecified atom stereocenters. The number of hydrogen-bond acceptors (Lipinski definition) is 4. The van der Waals surface area contributed by atoms with Gasteiger partial charge in [-0.1, -0.05) is 13.3 Å². The second kappa shape index (κ2) is 3.81. The van der Waals surface area contributed by atoms with E-state index in [1.807, 2.05) is 6.92 Å². The normalized spacial score (nSPS) is 10.8. The molecular formula is C11H13NO3. The van der Waals surface area contributed by atoms with Crippen molar-refractivity contribution in [2.24, 2.45) is 0 Å². The van der Waals surface area contributed by atoms with Crippen molar-refractivity contribution in [2.45, 2.75) is 19.8 Å². The fraction of sp³-hybridized carbons (Fsp3) is 0.364. The topological polar surface area (TPSA) is 55.5 Å². The number of ether oxygens (including phenoxy) is 1. The molecule has 1 N–H and O–H groups in total. The Morgan fingerprint density at radius 1 is 1.47 bits per heavy atom. The van der Waals surface area contributed by atoms with Gasteiger partial charge in [0.15, 0.2) is 5.58 Å². The molecule has 0 aliphatic heterocycles. The van der Waals surface area contributed by atoms with Crippen LogP contribution < -0.4 is 4.74 Å². The zero-order valence-electron chi connectivity index (χ0n) is 8.78. The lowest BCUT2D eigenvalue weighted by Crippen LogP contribution is -1.86. The largest absolute Gasteiger partial charge is 0.508 e. The lowest BCUT2D eigenvalue weighted by atomic mass is 10.1. The molecule has 0 saturated carbocycles. The summed E-state index contributed by atoms with van der Waals surface area (Å²) in [7, 11) is 1.55. The maximum Gasteiger partial charge on any atom is 0.261 e. The van der Waals surface area contributed by atoms with Gasteiger partial charge in [-0.05, 0) is 23.7 Å². The number of benzene rings is 1. The molecule has 0 spiro atoms. The summed E-state index contributed by atoms with van der Waals surface area (Å²) < 4.78 is 10.2. The molecule has 0 aliphatic rings. The van der Waals surface area contributed by atoms with Gasteiger partial charge >= 0.3 is 0 Å². The number of nitrogens with zero attached hydrogens (tertiary/aromatic N) is 1. The van der Waals surface area contributed by atoms with Crippen LogP contribution in [0.4, 0.5) is 0 Å². The number of aromatic hydroxyl groups is 1. The maximum atomic E-state index is 9.69. The molecular weight excluding hydrogens is 194 g/mol. The van der Waals surface area contributed by atoms with Crippen molar-refractivity contribution in [2.75, 3.05) is 7.11 Å². The molecule has 2 rings (SSSR count). The molecule has 0 radical (unpaired) electrons. The monoisotopic (exact) mass is 207 g/mol. The quantitative estimate of drug-likeness (QED) is 0.840. The van der Waals surface area contributed by atoms with Crippen LogP contribution in [-0.4, -0.2) is 17.4 Å². The average molecular weight is 207 g/mol. The first-order chi connectivity index (χ1) is 7.27. The van der Waals surface area contributed by atoms with Crippen LogP contribution in [0.15, 0.2) is 16.7 Å². The second-order valence-corrected chi connectivity index (χ2v) is 3.38. The van der Waals surface area contributed by atoms with Crippen LogP contribution in [0.1, 0.15) is 18.9 Å². The van der Waals surface area contributed by atoms with E-state index < -0.39 is 0 Å². The molecule has 0 saturated heterocycles. The summed E-state index contributed by atoms with van der Waals surface area (Å²) in [5.74, 6) is 0.713. The van der Waals surface area contributed by atoms with Crippen molar-refractivity contribution >= 4 is 11.0 Å². The minimum absolute atomic E-state index is 0.253. The van der Waals surface area contributed by atoms with Crippen molar-refractivity contribution in [3.05, 3.63) is 17.7 Å². The predicted molar refractivity (Wildman–Crippen MR) is 56.2 cm³/mol. The summed E-state index contributed by atoms with van der Waals surface area (Å²) in [6.07, 6.45) is 1.71. The van der Waals surface area contributed by atoms with Crippen LogP contribution in [0, 0.1) is 0 Å². The fourth-order valence-corrected chi connectivity index (χ4v) is 1.67. The Kier molecular flexibility index (Phi) is 2.49. The van der Waals surface area contributed by atoms with Gasteiger partial charge in [-0.15, -0.1) is 0 Å². The zero-order chi connectivity index (χ0) is 10.8. The zero-order valence-corrected chi connectivity index (χ0v) is 8.78. The molecule has 0 amide bonds. The smallest absolute Gasteiger partial charge is 0.261 e. The van der Waals surface area contributed by atoms with Crippen LogP contribution in [0.25, 0.3) is 11.0 Å². The summed E-state index contributed by atoms with van der Waals surface area (Å²) in [6.45, 7) is 2.05. The number of hydrogen-bond donors (Lipinski definition) is 1. The Morgan fingerprint density at radius 2 is 2.27 bits per heavy atom. The van der Waals surface area contributed by atoms with Crippen LogP contribution >= 0.6 is 0 Å². The highest BCUT2D eigenvalue weighted by Crippen LogP contribution is 2.33. The van der Waals surface area contributed by atoms with Crippen molar-refractivity contribution in [1.82, 2.24) is 5.16 Å². The molecule has 4 nitrogen and oxygen atoms in total. The summed E-state index contributed by atoms with van der Waals surface area (Å²) in [4.78, 5) is 0. The second-order valence-electron chi connectivity index (χ2n) is 3.38. The highest BCUT2D eigenvalue weighted by Gasteiger charge is 2.14. The summed E-state index contributed by atoms with van der Waals surface area (Å²) in [5, 5.41) is 14.3. The fourth-order valence-electron chi connectivity index (χ4n) is 1.67. The van der Waals surface area contributed by atoms with Gasteiger partial charge in [-0.2, -0.15) is 0 Å². The van der Waals surface area contributed by atoms with Crippen LogP contribution in [0.2, 0.25) is 0 Å². The van der Waals surface area contributed by atoms with Gasteiger partial charge in [0.2, 0.25) is 0 Å². The minimum Gasteiger partial charge on any atom is -0.508 e. The molecule has 0 aliphatic carbocycles. The lowest BCUT2D eigenvalue weighted by molar-refractivity contribution is 0.349. The third-order valence-electron chi connectivity index (χ3n) is 2.38. The van der Waals surface area contributed by atoms with E-state index in [2.05, 4.69) is 5.16 Å². The van der Waals surface area contributed by atoms with E-state index in [9.17, 15) is 5.11 Å². The van der Waals surface area contributed by atoms with E-state index >= 15 is 0 Å². The molecule has 80 valence electrons. The van der Waals surface area contributed by atoms with Gasteiger partial charge in [-0.25, -0.2) is 0 Å². The molecule has 1 aromatic carbocycles. The van der Waals surface area contributed by atoms with Crippen molar-refractivity contribution in [1.29, 1.82) is 0 Å². The Balaban J connectivity index is 2.66. The lowest BCUT2D eigenvalue weighted by Gasteiger charge is -2.02. The van der Waals surface area contributed by atoms with Crippen LogP contribution in [0.3, 0.4) is 0 Å². The summed E-state index contributed by atoms with van der Waals surface area (Å²) in [5.41, 5.74) is 1.42. The minimum atomic E-state index is 0.253. The summed E-state index contributed by atoms with van der Waals surface area (Å²) in [6, 6.07) is 3.40. The van der Waals surface area contributed by atoms with E-state index in [-0.39, 0.29) is 5.75 Å². The number of rotatable bonds is 3. The van der Waals surface area contributed by atoms with Crippen molar-refractivity contribution < 1.29 is 14.4 Å². The van der Waals surface area contributed by atoms with Gasteiger partial charge in [0, 0.05) is 5.56 Å². The summed E-state index contributed by atoms with van der Waals surface area (Å²) >= 11 is 0. The number of methoxy groups -OCH3 is 1. The first-order valence-corrected chi connectivity index (χ1v) is 4.92. The average Bonchev–Trinajstić information content (AvgIpc) is 2.65.